The Kier molecular flexibility index (Phi) is 1.64. The van der Waals surface area contributed by atoms with E-state index in [4.69, 9.17) is 5.11 Å². The Bertz CT molecular complexity index is 289. The van der Waals surface area contributed by atoms with Crippen LogP contribution in [0.1, 0.15) is 20.3 Å². The standard InChI is InChI=1S/C8H11NO3S/c1-8(2)6(7(11)12)9-4(10)3-5(9)13-8/h5-6H,3H2,1-2H3,(H,11,12)/t5-,6?/m0/s1. The molecule has 2 atom stereocenters. The Morgan fingerprint density at radius 3 is 2.69 bits per heavy atom. The molecule has 4 nitrogen and oxygen atoms in total. The maximum absolute atomic E-state index is 11.2. The number of rotatable bonds is 1. The molecule has 0 aromatic heterocycles. The Labute approximate surface area is 80.3 Å². The first-order chi connectivity index (χ1) is 5.93. The van der Waals surface area contributed by atoms with E-state index in [1.165, 1.54) is 4.90 Å². The molecule has 72 valence electrons. The van der Waals surface area contributed by atoms with E-state index in [0.717, 1.165) is 0 Å². The van der Waals surface area contributed by atoms with Gasteiger partial charge in [-0.25, -0.2) is 4.79 Å². The van der Waals surface area contributed by atoms with Crippen molar-refractivity contribution in [2.24, 2.45) is 0 Å². The van der Waals surface area contributed by atoms with Crippen molar-refractivity contribution in [3.8, 4) is 0 Å². The molecule has 1 amide bonds. The first-order valence-corrected chi connectivity index (χ1v) is 5.03. The van der Waals surface area contributed by atoms with Crippen LogP contribution in [0.15, 0.2) is 0 Å². The van der Waals surface area contributed by atoms with Gasteiger partial charge < -0.3 is 10.0 Å². The van der Waals surface area contributed by atoms with Crippen LogP contribution in [0.3, 0.4) is 0 Å². The van der Waals surface area contributed by atoms with Crippen molar-refractivity contribution in [2.75, 3.05) is 0 Å². The smallest absolute Gasteiger partial charge is 0.327 e. The van der Waals surface area contributed by atoms with Crippen LogP contribution in [-0.4, -0.2) is 38.0 Å². The van der Waals surface area contributed by atoms with Gasteiger partial charge in [-0.1, -0.05) is 0 Å². The van der Waals surface area contributed by atoms with Crippen molar-refractivity contribution < 1.29 is 14.7 Å². The van der Waals surface area contributed by atoms with Crippen molar-refractivity contribution in [1.82, 2.24) is 4.90 Å². The Balaban J connectivity index is 2.30. The molecule has 2 saturated heterocycles. The highest BCUT2D eigenvalue weighted by molar-refractivity contribution is 8.01. The van der Waals surface area contributed by atoms with Crippen LogP contribution in [0.5, 0.6) is 0 Å². The minimum Gasteiger partial charge on any atom is -0.480 e. The summed E-state index contributed by atoms with van der Waals surface area (Å²) in [5.41, 5.74) is 0. The lowest BCUT2D eigenvalue weighted by molar-refractivity contribution is -0.157. The van der Waals surface area contributed by atoms with Gasteiger partial charge in [-0.3, -0.25) is 4.79 Å². The molecule has 2 fully saturated rings. The molecule has 0 radical (unpaired) electrons. The van der Waals surface area contributed by atoms with Crippen molar-refractivity contribution in [3.05, 3.63) is 0 Å². The molecular formula is C8H11NO3S. The zero-order chi connectivity index (χ0) is 9.80. The second kappa shape index (κ2) is 2.41. The van der Waals surface area contributed by atoms with E-state index in [-0.39, 0.29) is 16.0 Å². The van der Waals surface area contributed by atoms with Crippen molar-refractivity contribution >= 4 is 23.6 Å². The van der Waals surface area contributed by atoms with E-state index in [1.807, 2.05) is 13.8 Å². The first kappa shape index (κ1) is 8.87. The summed E-state index contributed by atoms with van der Waals surface area (Å²) in [5, 5.41) is 9.08. The Hall–Kier alpha value is -0.710. The van der Waals surface area contributed by atoms with Gasteiger partial charge in [-0.15, -0.1) is 11.8 Å². The first-order valence-electron chi connectivity index (χ1n) is 4.15. The third-order valence-corrected chi connectivity index (χ3v) is 4.05. The lowest BCUT2D eigenvalue weighted by Crippen LogP contribution is -2.56. The fourth-order valence-corrected chi connectivity index (χ4v) is 3.60. The molecule has 2 heterocycles. The molecule has 2 rings (SSSR count). The highest BCUT2D eigenvalue weighted by Crippen LogP contribution is 2.50. The zero-order valence-corrected chi connectivity index (χ0v) is 8.30. The number of carboxylic acid groups (broad SMARTS) is 1. The molecule has 5 heteroatoms. The van der Waals surface area contributed by atoms with Gasteiger partial charge in [0.1, 0.15) is 6.04 Å². The number of nitrogens with zero attached hydrogens (tertiary/aromatic N) is 1. The summed E-state index contributed by atoms with van der Waals surface area (Å²) in [7, 11) is 0. The normalized spacial score (nSPS) is 35.5. The molecule has 1 unspecified atom stereocenters. The Morgan fingerprint density at radius 1 is 1.69 bits per heavy atom. The summed E-state index contributed by atoms with van der Waals surface area (Å²) in [5.74, 6) is -0.927. The number of hydrogen-bond donors (Lipinski definition) is 1. The third-order valence-electron chi connectivity index (χ3n) is 2.56. The van der Waals surface area contributed by atoms with Crippen LogP contribution in [-0.2, 0) is 9.59 Å². The molecule has 0 spiro atoms. The summed E-state index contributed by atoms with van der Waals surface area (Å²) >= 11 is 1.58. The molecule has 13 heavy (non-hydrogen) atoms. The predicted molar refractivity (Wildman–Crippen MR) is 48.3 cm³/mol. The summed E-state index contributed by atoms with van der Waals surface area (Å²) in [6.45, 7) is 3.75. The molecule has 0 bridgehead atoms. The van der Waals surface area contributed by atoms with Crippen LogP contribution in [0.2, 0.25) is 0 Å². The second-order valence-electron chi connectivity index (χ2n) is 3.92. The molecule has 2 aliphatic heterocycles. The van der Waals surface area contributed by atoms with Gasteiger partial charge in [-0.05, 0) is 13.8 Å². The number of fused-ring (bicyclic) bond motifs is 1. The average molecular weight is 201 g/mol. The van der Waals surface area contributed by atoms with E-state index in [1.54, 1.807) is 11.8 Å². The van der Waals surface area contributed by atoms with Crippen LogP contribution < -0.4 is 0 Å². The molecule has 2 aliphatic rings. The molecule has 0 saturated carbocycles. The minimum absolute atomic E-state index is 0.0320. The SMILES string of the molecule is CC1(C)S[C@H]2CC(=O)N2C1C(=O)O. The fourth-order valence-electron chi connectivity index (χ4n) is 1.98. The van der Waals surface area contributed by atoms with Crippen LogP contribution in [0.4, 0.5) is 0 Å². The minimum atomic E-state index is -0.895. The summed E-state index contributed by atoms with van der Waals surface area (Å²) in [6.07, 6.45) is 0.498. The summed E-state index contributed by atoms with van der Waals surface area (Å²) in [4.78, 5) is 23.6. The maximum atomic E-state index is 11.2. The fraction of sp³-hybridized carbons (Fsp3) is 0.750. The Morgan fingerprint density at radius 2 is 2.31 bits per heavy atom. The highest BCUT2D eigenvalue weighted by atomic mass is 32.2. The van der Waals surface area contributed by atoms with Gasteiger partial charge in [0.05, 0.1) is 11.8 Å². The number of carboxylic acids is 1. The number of carbonyl (C=O) groups excluding carboxylic acids is 1. The molecule has 0 aromatic carbocycles. The average Bonchev–Trinajstić information content (AvgIpc) is 2.18. The van der Waals surface area contributed by atoms with Crippen molar-refractivity contribution in [3.63, 3.8) is 0 Å². The van der Waals surface area contributed by atoms with E-state index in [2.05, 4.69) is 0 Å². The summed E-state index contributed by atoms with van der Waals surface area (Å²) < 4.78 is -0.358. The van der Waals surface area contributed by atoms with Gasteiger partial charge >= 0.3 is 5.97 Å². The van der Waals surface area contributed by atoms with Gasteiger partial charge in [0.25, 0.3) is 0 Å². The van der Waals surface area contributed by atoms with Gasteiger partial charge in [-0.2, -0.15) is 0 Å². The van der Waals surface area contributed by atoms with Crippen molar-refractivity contribution in [2.45, 2.75) is 36.4 Å². The van der Waals surface area contributed by atoms with Gasteiger partial charge in [0, 0.05) is 4.75 Å². The van der Waals surface area contributed by atoms with E-state index < -0.39 is 12.0 Å². The molecule has 0 aromatic rings. The molecule has 1 N–H and O–H groups in total. The van der Waals surface area contributed by atoms with E-state index in [9.17, 15) is 9.59 Å². The monoisotopic (exact) mass is 201 g/mol. The topological polar surface area (TPSA) is 57.6 Å². The highest BCUT2D eigenvalue weighted by Gasteiger charge is 2.58. The number of hydrogen-bond acceptors (Lipinski definition) is 3. The van der Waals surface area contributed by atoms with Crippen LogP contribution >= 0.6 is 11.8 Å². The van der Waals surface area contributed by atoms with Crippen LogP contribution in [0, 0.1) is 0 Å². The molecule has 0 aliphatic carbocycles. The lowest BCUT2D eigenvalue weighted by Gasteiger charge is -2.36. The molecular weight excluding hydrogens is 190 g/mol. The maximum Gasteiger partial charge on any atom is 0.327 e. The summed E-state index contributed by atoms with van der Waals surface area (Å²) in [6, 6.07) is -0.649. The predicted octanol–water partition coefficient (Wildman–Crippen LogP) is 0.523. The van der Waals surface area contributed by atoms with E-state index >= 15 is 0 Å². The largest absolute Gasteiger partial charge is 0.480 e. The number of amides is 1. The lowest BCUT2D eigenvalue weighted by atomic mass is 9.98. The van der Waals surface area contributed by atoms with Crippen LogP contribution in [0.25, 0.3) is 0 Å². The van der Waals surface area contributed by atoms with Crippen molar-refractivity contribution in [1.29, 1.82) is 0 Å². The number of aliphatic carboxylic acids is 1. The third kappa shape index (κ3) is 1.06. The number of thioether (sulfide) groups is 1. The quantitative estimate of drug-likeness (QED) is 0.628. The number of carbonyl (C=O) groups is 2. The second-order valence-corrected chi connectivity index (χ2v) is 5.75. The van der Waals surface area contributed by atoms with E-state index in [0.29, 0.717) is 6.42 Å². The van der Waals surface area contributed by atoms with Gasteiger partial charge in [0.15, 0.2) is 0 Å². The zero-order valence-electron chi connectivity index (χ0n) is 7.48. The number of β-lactam (4-membered cyclic amide) rings is 1. The van der Waals surface area contributed by atoms with Gasteiger partial charge in [0.2, 0.25) is 5.91 Å².